The number of nitrogens with two attached hydrogens (primary N) is 1. The van der Waals surface area contributed by atoms with E-state index < -0.39 is 21.8 Å². The molecule has 7 heteroatoms. The van der Waals surface area contributed by atoms with Crippen LogP contribution in [0.25, 0.3) is 0 Å². The number of nitrogens with zero attached hydrogens (tertiary/aromatic N) is 1. The molecule has 0 spiro atoms. The highest BCUT2D eigenvalue weighted by atomic mass is 79.9. The lowest BCUT2D eigenvalue weighted by molar-refractivity contribution is -0.123. The lowest BCUT2D eigenvalue weighted by atomic mass is 9.95. The number of benzene rings is 1. The minimum Gasteiger partial charge on any atom is -0.369 e. The minimum atomic E-state index is -3.65. The molecule has 1 aromatic carbocycles. The summed E-state index contributed by atoms with van der Waals surface area (Å²) in [5.74, 6) is -0.856. The minimum absolute atomic E-state index is 0.140. The van der Waals surface area contributed by atoms with Crippen LogP contribution in [0.5, 0.6) is 0 Å². The van der Waals surface area contributed by atoms with Gasteiger partial charge in [-0.1, -0.05) is 6.07 Å². The van der Waals surface area contributed by atoms with Gasteiger partial charge in [0, 0.05) is 17.1 Å². The first-order chi connectivity index (χ1) is 9.73. The molecular formula is C14H19BrN2O3S. The molecule has 2 rings (SSSR count). The zero-order valence-corrected chi connectivity index (χ0v) is 14.4. The van der Waals surface area contributed by atoms with Gasteiger partial charge in [-0.05, 0) is 60.3 Å². The van der Waals surface area contributed by atoms with Crippen molar-refractivity contribution in [2.45, 2.75) is 37.6 Å². The van der Waals surface area contributed by atoms with Crippen LogP contribution in [0.4, 0.5) is 0 Å². The van der Waals surface area contributed by atoms with Crippen LogP contribution in [-0.2, 0) is 14.8 Å². The van der Waals surface area contributed by atoms with Gasteiger partial charge in [-0.2, -0.15) is 4.31 Å². The normalized spacial score (nSPS) is 24.0. The summed E-state index contributed by atoms with van der Waals surface area (Å²) in [5.41, 5.74) is 6.31. The Morgan fingerprint density at radius 1 is 1.38 bits per heavy atom. The molecule has 116 valence electrons. The molecule has 1 heterocycles. The largest absolute Gasteiger partial charge is 0.369 e. The Morgan fingerprint density at radius 2 is 2.05 bits per heavy atom. The number of sulfonamides is 1. The molecule has 2 unspecified atom stereocenters. The maximum Gasteiger partial charge on any atom is 0.244 e. The van der Waals surface area contributed by atoms with Crippen LogP contribution in [-0.4, -0.2) is 31.2 Å². The molecule has 1 aromatic rings. The number of carbonyl (C=O) groups is 1. The van der Waals surface area contributed by atoms with E-state index in [1.165, 1.54) is 4.31 Å². The Morgan fingerprint density at radius 3 is 2.62 bits per heavy atom. The van der Waals surface area contributed by atoms with Crippen LogP contribution in [0.3, 0.4) is 0 Å². The Hall–Kier alpha value is -0.920. The maximum absolute atomic E-state index is 12.8. The van der Waals surface area contributed by atoms with E-state index in [-0.39, 0.29) is 17.5 Å². The monoisotopic (exact) mass is 374 g/mol. The summed E-state index contributed by atoms with van der Waals surface area (Å²) < 4.78 is 27.6. The first-order valence-corrected chi connectivity index (χ1v) is 9.04. The number of carbonyl (C=O) groups excluding carboxylic acids is 1. The summed E-state index contributed by atoms with van der Waals surface area (Å²) in [4.78, 5) is 11.6. The molecule has 0 radical (unpaired) electrons. The van der Waals surface area contributed by atoms with Gasteiger partial charge in [0.2, 0.25) is 15.9 Å². The zero-order valence-electron chi connectivity index (χ0n) is 12.0. The van der Waals surface area contributed by atoms with Crippen molar-refractivity contribution in [2.75, 3.05) is 6.54 Å². The number of hydrogen-bond acceptors (Lipinski definition) is 3. The summed E-state index contributed by atoms with van der Waals surface area (Å²) in [6, 6.07) is 4.99. The molecule has 21 heavy (non-hydrogen) atoms. The highest BCUT2D eigenvalue weighted by molar-refractivity contribution is 9.10. The molecule has 1 fully saturated rings. The van der Waals surface area contributed by atoms with Crippen molar-refractivity contribution in [3.05, 3.63) is 28.2 Å². The van der Waals surface area contributed by atoms with E-state index in [0.717, 1.165) is 5.56 Å². The maximum atomic E-state index is 12.8. The third-order valence-electron chi connectivity index (χ3n) is 3.90. The SMILES string of the molecule is Cc1ccc(S(=O)(=O)N2CC(C(N)=O)CCC2C)c(Br)c1. The van der Waals surface area contributed by atoms with Gasteiger partial charge in [0.1, 0.15) is 0 Å². The topological polar surface area (TPSA) is 80.5 Å². The molecule has 0 aliphatic carbocycles. The summed E-state index contributed by atoms with van der Waals surface area (Å²) in [7, 11) is -3.65. The third kappa shape index (κ3) is 3.30. The van der Waals surface area contributed by atoms with Crippen molar-refractivity contribution in [1.82, 2.24) is 4.31 Å². The Kier molecular flexibility index (Phi) is 4.75. The molecule has 1 aliphatic heterocycles. The molecule has 0 bridgehead atoms. The van der Waals surface area contributed by atoms with Gasteiger partial charge >= 0.3 is 0 Å². The lowest BCUT2D eigenvalue weighted by Crippen LogP contribution is -2.48. The van der Waals surface area contributed by atoms with Crippen molar-refractivity contribution >= 4 is 31.9 Å². The second-order valence-electron chi connectivity index (χ2n) is 5.53. The summed E-state index contributed by atoms with van der Waals surface area (Å²) >= 11 is 3.32. The second kappa shape index (κ2) is 6.06. The Balaban J connectivity index is 2.39. The van der Waals surface area contributed by atoms with Crippen molar-refractivity contribution in [3.8, 4) is 0 Å². The van der Waals surface area contributed by atoms with Gasteiger partial charge < -0.3 is 5.73 Å². The number of piperidine rings is 1. The van der Waals surface area contributed by atoms with Crippen LogP contribution in [0, 0.1) is 12.8 Å². The van der Waals surface area contributed by atoms with Crippen LogP contribution < -0.4 is 5.73 Å². The first kappa shape index (κ1) is 16.5. The average molecular weight is 375 g/mol. The highest BCUT2D eigenvalue weighted by Crippen LogP contribution is 2.31. The lowest BCUT2D eigenvalue weighted by Gasteiger charge is -2.35. The highest BCUT2D eigenvalue weighted by Gasteiger charge is 2.37. The average Bonchev–Trinajstić information content (AvgIpc) is 2.38. The summed E-state index contributed by atoms with van der Waals surface area (Å²) in [6.07, 6.45) is 1.27. The summed E-state index contributed by atoms with van der Waals surface area (Å²) in [5, 5.41) is 0. The molecule has 0 saturated carbocycles. The predicted molar refractivity (Wildman–Crippen MR) is 84.2 cm³/mol. The molecule has 0 aromatic heterocycles. The van der Waals surface area contributed by atoms with Crippen LogP contribution >= 0.6 is 15.9 Å². The van der Waals surface area contributed by atoms with E-state index in [9.17, 15) is 13.2 Å². The van der Waals surface area contributed by atoms with Crippen LogP contribution in [0.2, 0.25) is 0 Å². The van der Waals surface area contributed by atoms with Gasteiger partial charge in [0.15, 0.2) is 0 Å². The van der Waals surface area contributed by atoms with Gasteiger partial charge in [-0.15, -0.1) is 0 Å². The van der Waals surface area contributed by atoms with E-state index in [4.69, 9.17) is 5.73 Å². The van der Waals surface area contributed by atoms with E-state index in [1.54, 1.807) is 18.2 Å². The van der Waals surface area contributed by atoms with Gasteiger partial charge in [-0.25, -0.2) is 8.42 Å². The Labute approximate surface area is 133 Å². The van der Waals surface area contributed by atoms with Gasteiger partial charge in [0.05, 0.1) is 10.8 Å². The predicted octanol–water partition coefficient (Wildman–Crippen LogP) is 2.03. The number of amides is 1. The van der Waals surface area contributed by atoms with Crippen molar-refractivity contribution in [2.24, 2.45) is 11.7 Å². The molecule has 2 N–H and O–H groups in total. The van der Waals surface area contributed by atoms with Gasteiger partial charge in [0.25, 0.3) is 0 Å². The van der Waals surface area contributed by atoms with E-state index >= 15 is 0 Å². The van der Waals surface area contributed by atoms with Gasteiger partial charge in [-0.3, -0.25) is 4.79 Å². The second-order valence-corrected chi connectivity index (χ2v) is 8.25. The van der Waals surface area contributed by atoms with Crippen LogP contribution in [0.15, 0.2) is 27.6 Å². The molecule has 2 atom stereocenters. The van der Waals surface area contributed by atoms with Crippen molar-refractivity contribution in [1.29, 1.82) is 0 Å². The molecule has 1 amide bonds. The van der Waals surface area contributed by atoms with E-state index in [2.05, 4.69) is 15.9 Å². The summed E-state index contributed by atoms with van der Waals surface area (Å²) in [6.45, 7) is 3.91. The number of rotatable bonds is 3. The van der Waals surface area contributed by atoms with Crippen molar-refractivity contribution in [3.63, 3.8) is 0 Å². The van der Waals surface area contributed by atoms with Crippen molar-refractivity contribution < 1.29 is 13.2 Å². The molecule has 1 aliphatic rings. The number of hydrogen-bond donors (Lipinski definition) is 1. The first-order valence-electron chi connectivity index (χ1n) is 6.81. The van der Waals surface area contributed by atoms with E-state index in [0.29, 0.717) is 17.3 Å². The fourth-order valence-electron chi connectivity index (χ4n) is 2.58. The van der Waals surface area contributed by atoms with E-state index in [1.807, 2.05) is 13.8 Å². The standard InChI is InChI=1S/C14H19BrN2O3S/c1-9-3-6-13(12(15)7-9)21(19,20)17-8-11(14(16)18)5-4-10(17)2/h3,6-7,10-11H,4-5,8H2,1-2H3,(H2,16,18). The fraction of sp³-hybridized carbons (Fsp3) is 0.500. The quantitative estimate of drug-likeness (QED) is 0.878. The number of halogens is 1. The number of aryl methyl sites for hydroxylation is 1. The molecule has 5 nitrogen and oxygen atoms in total. The third-order valence-corrected chi connectivity index (χ3v) is 6.86. The fourth-order valence-corrected chi connectivity index (χ4v) is 5.44. The van der Waals surface area contributed by atoms with Crippen LogP contribution in [0.1, 0.15) is 25.3 Å². The zero-order chi connectivity index (χ0) is 15.8. The molecular weight excluding hydrogens is 356 g/mol. The Bertz CT molecular complexity index is 660. The number of primary amides is 1. The smallest absolute Gasteiger partial charge is 0.244 e. The molecule has 1 saturated heterocycles.